The Labute approximate surface area is 182 Å². The van der Waals surface area contributed by atoms with Crippen molar-refractivity contribution in [3.05, 3.63) is 60.0 Å². The molecule has 0 atom stereocenters. The van der Waals surface area contributed by atoms with Gasteiger partial charge in [-0.2, -0.15) is 0 Å². The third-order valence-corrected chi connectivity index (χ3v) is 3.99. The number of hydrogen-bond acceptors (Lipinski definition) is 4. The highest BCUT2D eigenvalue weighted by molar-refractivity contribution is 14.0. The molecule has 0 fully saturated rings. The molecule has 0 aliphatic carbocycles. The molecule has 3 rings (SSSR count). The van der Waals surface area contributed by atoms with Crippen LogP contribution < -0.4 is 15.4 Å². The standard InChI is InChI=1S/C20H26N6O.HI/c1-15(2)14-27-17-9-7-16(8-10-17)12-22-20(21-3)23-13-19-25-24-18-6-4-5-11-26(18)19;/h4-11,15H,12-14H2,1-3H3,(H2,21,22,23);1H. The topological polar surface area (TPSA) is 75.8 Å². The van der Waals surface area contributed by atoms with E-state index in [2.05, 4.69) is 51.8 Å². The van der Waals surface area contributed by atoms with E-state index < -0.39 is 0 Å². The summed E-state index contributed by atoms with van der Waals surface area (Å²) < 4.78 is 7.67. The molecule has 0 radical (unpaired) electrons. The number of fused-ring (bicyclic) bond motifs is 1. The summed E-state index contributed by atoms with van der Waals surface area (Å²) in [5.74, 6) is 2.96. The summed E-state index contributed by atoms with van der Waals surface area (Å²) in [5, 5.41) is 14.9. The van der Waals surface area contributed by atoms with E-state index in [1.807, 2.05) is 40.9 Å². The first kappa shape index (κ1) is 21.9. The second-order valence-electron chi connectivity index (χ2n) is 6.67. The van der Waals surface area contributed by atoms with Crippen LogP contribution in [0, 0.1) is 5.92 Å². The summed E-state index contributed by atoms with van der Waals surface area (Å²) in [5.41, 5.74) is 1.99. The van der Waals surface area contributed by atoms with E-state index in [0.717, 1.165) is 29.4 Å². The third-order valence-electron chi connectivity index (χ3n) is 3.99. The Morgan fingerprint density at radius 1 is 1.07 bits per heavy atom. The maximum atomic E-state index is 5.71. The fourth-order valence-corrected chi connectivity index (χ4v) is 2.55. The normalized spacial score (nSPS) is 11.4. The lowest BCUT2D eigenvalue weighted by molar-refractivity contribution is 0.271. The van der Waals surface area contributed by atoms with Crippen LogP contribution in [0.5, 0.6) is 5.75 Å². The zero-order valence-corrected chi connectivity index (χ0v) is 18.8. The summed E-state index contributed by atoms with van der Waals surface area (Å²) in [6, 6.07) is 13.9. The van der Waals surface area contributed by atoms with E-state index >= 15 is 0 Å². The summed E-state index contributed by atoms with van der Waals surface area (Å²) in [6.45, 7) is 6.21. The van der Waals surface area contributed by atoms with Crippen LogP contribution in [0.1, 0.15) is 25.2 Å². The number of aliphatic imine (C=N–C) groups is 1. The SMILES string of the molecule is CN=C(NCc1ccc(OCC(C)C)cc1)NCc1nnc2ccccn12.I. The van der Waals surface area contributed by atoms with Gasteiger partial charge in [-0.25, -0.2) is 0 Å². The molecule has 0 saturated carbocycles. The van der Waals surface area contributed by atoms with Crippen LogP contribution >= 0.6 is 24.0 Å². The maximum Gasteiger partial charge on any atom is 0.191 e. The predicted octanol–water partition coefficient (Wildman–Crippen LogP) is 3.25. The lowest BCUT2D eigenvalue weighted by Gasteiger charge is -2.12. The van der Waals surface area contributed by atoms with Crippen molar-refractivity contribution >= 4 is 35.6 Å². The van der Waals surface area contributed by atoms with E-state index in [9.17, 15) is 0 Å². The van der Waals surface area contributed by atoms with E-state index in [1.165, 1.54) is 0 Å². The lowest BCUT2D eigenvalue weighted by atomic mass is 10.2. The average Bonchev–Trinajstić information content (AvgIpc) is 3.10. The zero-order chi connectivity index (χ0) is 19.1. The molecule has 3 aromatic rings. The maximum absolute atomic E-state index is 5.71. The van der Waals surface area contributed by atoms with Crippen LogP contribution in [0.2, 0.25) is 0 Å². The Kier molecular flexibility index (Phi) is 8.49. The molecule has 2 heterocycles. The second kappa shape index (κ2) is 10.8. The van der Waals surface area contributed by atoms with E-state index in [-0.39, 0.29) is 24.0 Å². The van der Waals surface area contributed by atoms with Gasteiger partial charge in [0.2, 0.25) is 0 Å². The van der Waals surface area contributed by atoms with E-state index in [0.29, 0.717) is 25.0 Å². The molecule has 1 aromatic carbocycles. The Morgan fingerprint density at radius 2 is 1.82 bits per heavy atom. The van der Waals surface area contributed by atoms with Gasteiger partial charge in [-0.1, -0.05) is 32.0 Å². The average molecular weight is 494 g/mol. The van der Waals surface area contributed by atoms with Crippen molar-refractivity contribution in [2.24, 2.45) is 10.9 Å². The van der Waals surface area contributed by atoms with Gasteiger partial charge in [-0.3, -0.25) is 9.39 Å². The summed E-state index contributed by atoms with van der Waals surface area (Å²) in [7, 11) is 1.75. The molecular weight excluding hydrogens is 467 g/mol. The number of nitrogens with one attached hydrogen (secondary N) is 2. The predicted molar refractivity (Wildman–Crippen MR) is 122 cm³/mol. The number of ether oxygens (including phenoxy) is 1. The zero-order valence-electron chi connectivity index (χ0n) is 16.4. The van der Waals surface area contributed by atoms with Crippen molar-refractivity contribution < 1.29 is 4.74 Å². The Balaban J connectivity index is 0.00000280. The van der Waals surface area contributed by atoms with Crippen molar-refractivity contribution in [1.82, 2.24) is 25.2 Å². The van der Waals surface area contributed by atoms with Crippen molar-refractivity contribution in [2.45, 2.75) is 26.9 Å². The van der Waals surface area contributed by atoms with E-state index in [4.69, 9.17) is 4.74 Å². The molecule has 2 aromatic heterocycles. The molecule has 0 aliphatic heterocycles. The van der Waals surface area contributed by atoms with Crippen molar-refractivity contribution in [1.29, 1.82) is 0 Å². The summed E-state index contributed by atoms with van der Waals surface area (Å²) >= 11 is 0. The van der Waals surface area contributed by atoms with Gasteiger partial charge in [-0.05, 0) is 35.7 Å². The van der Waals surface area contributed by atoms with Crippen molar-refractivity contribution in [2.75, 3.05) is 13.7 Å². The number of pyridine rings is 1. The Hall–Kier alpha value is -2.36. The fraction of sp³-hybridized carbons (Fsp3) is 0.350. The first-order valence-electron chi connectivity index (χ1n) is 9.10. The van der Waals surface area contributed by atoms with Gasteiger partial charge in [0.05, 0.1) is 13.2 Å². The minimum absolute atomic E-state index is 0. The number of halogens is 1. The van der Waals surface area contributed by atoms with E-state index in [1.54, 1.807) is 7.05 Å². The molecule has 0 saturated heterocycles. The minimum Gasteiger partial charge on any atom is -0.493 e. The first-order chi connectivity index (χ1) is 13.2. The Bertz CT molecular complexity index is 891. The molecular formula is C20H27IN6O. The lowest BCUT2D eigenvalue weighted by Crippen LogP contribution is -2.36. The number of aromatic nitrogens is 3. The van der Waals surface area contributed by atoms with Crippen LogP contribution in [0.25, 0.3) is 5.65 Å². The molecule has 0 bridgehead atoms. The van der Waals surface area contributed by atoms with Crippen molar-refractivity contribution in [3.63, 3.8) is 0 Å². The Morgan fingerprint density at radius 3 is 2.54 bits per heavy atom. The highest BCUT2D eigenvalue weighted by Crippen LogP contribution is 2.13. The second-order valence-corrected chi connectivity index (χ2v) is 6.67. The number of benzene rings is 1. The number of guanidine groups is 1. The van der Waals surface area contributed by atoms with Gasteiger partial charge in [0, 0.05) is 19.8 Å². The minimum atomic E-state index is 0. The largest absolute Gasteiger partial charge is 0.493 e. The van der Waals surface area contributed by atoms with Crippen LogP contribution in [0.3, 0.4) is 0 Å². The van der Waals surface area contributed by atoms with Crippen LogP contribution in [0.4, 0.5) is 0 Å². The van der Waals surface area contributed by atoms with Gasteiger partial charge in [0.25, 0.3) is 0 Å². The number of rotatable bonds is 7. The van der Waals surface area contributed by atoms with Gasteiger partial charge in [0.1, 0.15) is 5.75 Å². The van der Waals surface area contributed by atoms with Gasteiger partial charge >= 0.3 is 0 Å². The monoisotopic (exact) mass is 494 g/mol. The van der Waals surface area contributed by atoms with Crippen LogP contribution in [-0.4, -0.2) is 34.2 Å². The number of hydrogen-bond donors (Lipinski definition) is 2. The third kappa shape index (κ3) is 6.08. The van der Waals surface area contributed by atoms with Gasteiger partial charge in [0.15, 0.2) is 17.4 Å². The quantitative estimate of drug-likeness (QED) is 0.300. The molecule has 0 unspecified atom stereocenters. The first-order valence-corrected chi connectivity index (χ1v) is 9.10. The molecule has 0 amide bonds. The van der Waals surface area contributed by atoms with Crippen LogP contribution in [-0.2, 0) is 13.1 Å². The molecule has 7 nitrogen and oxygen atoms in total. The molecule has 0 spiro atoms. The molecule has 2 N–H and O–H groups in total. The fourth-order valence-electron chi connectivity index (χ4n) is 2.55. The van der Waals surface area contributed by atoms with Crippen LogP contribution in [0.15, 0.2) is 53.7 Å². The summed E-state index contributed by atoms with van der Waals surface area (Å²) in [6.07, 6.45) is 1.95. The van der Waals surface area contributed by atoms with Gasteiger partial charge in [-0.15, -0.1) is 34.2 Å². The molecule has 150 valence electrons. The number of nitrogens with zero attached hydrogens (tertiary/aromatic N) is 4. The highest BCUT2D eigenvalue weighted by Gasteiger charge is 2.06. The highest BCUT2D eigenvalue weighted by atomic mass is 127. The smallest absolute Gasteiger partial charge is 0.191 e. The molecule has 0 aliphatic rings. The summed E-state index contributed by atoms with van der Waals surface area (Å²) in [4.78, 5) is 4.26. The molecule has 28 heavy (non-hydrogen) atoms. The van der Waals surface area contributed by atoms with Crippen molar-refractivity contribution in [3.8, 4) is 5.75 Å². The van der Waals surface area contributed by atoms with Gasteiger partial charge < -0.3 is 15.4 Å². The molecule has 8 heteroatoms.